The van der Waals surface area contributed by atoms with Gasteiger partial charge in [0.2, 0.25) is 0 Å². The van der Waals surface area contributed by atoms with Gasteiger partial charge in [-0.05, 0) is 25.7 Å². The molecule has 2 atom stereocenters. The first-order valence-electron chi connectivity index (χ1n) is 9.61. The van der Waals surface area contributed by atoms with Crippen molar-refractivity contribution in [2.75, 3.05) is 33.9 Å². The Morgan fingerprint density at radius 1 is 1.31 bits per heavy atom. The first-order valence-corrected chi connectivity index (χ1v) is 9.61. The first kappa shape index (κ1) is 23.5. The van der Waals surface area contributed by atoms with E-state index in [1.54, 1.807) is 0 Å². The van der Waals surface area contributed by atoms with E-state index in [0.717, 1.165) is 51.3 Å². The lowest BCUT2D eigenvalue weighted by Crippen LogP contribution is -2.64. The van der Waals surface area contributed by atoms with E-state index in [-0.39, 0.29) is 41.3 Å². The van der Waals surface area contributed by atoms with Gasteiger partial charge < -0.3 is 19.7 Å². The van der Waals surface area contributed by atoms with Crippen molar-refractivity contribution in [3.05, 3.63) is 0 Å². The minimum Gasteiger partial charge on any atom is -0.469 e. The number of ether oxygens (including phenoxy) is 2. The number of unbranched alkanes of at least 4 members (excludes halogenated alkanes) is 1. The van der Waals surface area contributed by atoms with E-state index in [2.05, 4.69) is 36.0 Å². The van der Waals surface area contributed by atoms with Gasteiger partial charge in [-0.2, -0.15) is 0 Å². The number of hydrogen-bond donors (Lipinski definition) is 1. The number of aliphatic imine (C=N–C) groups is 1. The van der Waals surface area contributed by atoms with Gasteiger partial charge in [-0.25, -0.2) is 0 Å². The molecule has 1 heterocycles. The van der Waals surface area contributed by atoms with E-state index >= 15 is 0 Å². The average molecular weight is 481 g/mol. The predicted octanol–water partition coefficient (Wildman–Crippen LogP) is 3.05. The van der Waals surface area contributed by atoms with Crippen molar-refractivity contribution in [2.45, 2.75) is 65.0 Å². The highest BCUT2D eigenvalue weighted by atomic mass is 127. The quantitative estimate of drug-likeness (QED) is 0.208. The Morgan fingerprint density at radius 3 is 2.46 bits per heavy atom. The first-order chi connectivity index (χ1) is 11.9. The van der Waals surface area contributed by atoms with Gasteiger partial charge in [-0.3, -0.25) is 9.79 Å². The zero-order valence-electron chi connectivity index (χ0n) is 16.9. The SMILES string of the molecule is CCCCOC1CC(NC(=NC)N2CCC(C(=O)OC)CC2)C1(C)C.I. The Balaban J connectivity index is 0.00000338. The molecule has 152 valence electrons. The monoisotopic (exact) mass is 481 g/mol. The fourth-order valence-electron chi connectivity index (χ4n) is 3.73. The molecule has 1 aliphatic heterocycles. The van der Waals surface area contributed by atoms with Crippen molar-refractivity contribution in [1.29, 1.82) is 0 Å². The van der Waals surface area contributed by atoms with Crippen LogP contribution >= 0.6 is 24.0 Å². The molecule has 1 saturated carbocycles. The number of piperidine rings is 1. The molecule has 0 spiro atoms. The lowest BCUT2D eigenvalue weighted by Gasteiger charge is -2.52. The number of rotatable bonds is 6. The summed E-state index contributed by atoms with van der Waals surface area (Å²) in [7, 11) is 3.29. The summed E-state index contributed by atoms with van der Waals surface area (Å²) < 4.78 is 10.9. The maximum Gasteiger partial charge on any atom is 0.308 e. The second kappa shape index (κ2) is 10.7. The van der Waals surface area contributed by atoms with Crippen LogP contribution in [0.25, 0.3) is 0 Å². The van der Waals surface area contributed by atoms with Crippen molar-refractivity contribution >= 4 is 35.9 Å². The van der Waals surface area contributed by atoms with Crippen LogP contribution in [-0.4, -0.2) is 62.8 Å². The molecule has 1 aliphatic carbocycles. The fourth-order valence-corrected chi connectivity index (χ4v) is 3.73. The Kier molecular flexibility index (Phi) is 9.64. The lowest BCUT2D eigenvalue weighted by molar-refractivity contribution is -0.146. The molecular weight excluding hydrogens is 445 g/mol. The normalized spacial score (nSPS) is 25.9. The van der Waals surface area contributed by atoms with Gasteiger partial charge in [0.25, 0.3) is 0 Å². The second-order valence-electron chi connectivity index (χ2n) is 7.80. The van der Waals surface area contributed by atoms with Crippen LogP contribution in [-0.2, 0) is 14.3 Å². The van der Waals surface area contributed by atoms with Gasteiger partial charge in [0.05, 0.1) is 19.1 Å². The van der Waals surface area contributed by atoms with Crippen molar-refractivity contribution in [3.63, 3.8) is 0 Å². The fraction of sp³-hybridized carbons (Fsp3) is 0.895. The maximum atomic E-state index is 11.7. The van der Waals surface area contributed by atoms with E-state index in [0.29, 0.717) is 12.1 Å². The minimum absolute atomic E-state index is 0. The number of methoxy groups -OCH3 is 1. The Bertz CT molecular complexity index is 477. The molecule has 26 heavy (non-hydrogen) atoms. The number of guanidine groups is 1. The summed E-state index contributed by atoms with van der Waals surface area (Å²) in [4.78, 5) is 18.4. The van der Waals surface area contributed by atoms with Crippen LogP contribution in [0.4, 0.5) is 0 Å². The third kappa shape index (κ3) is 5.47. The molecule has 1 saturated heterocycles. The number of esters is 1. The molecule has 2 rings (SSSR count). The third-order valence-corrected chi connectivity index (χ3v) is 5.84. The molecule has 0 radical (unpaired) electrons. The van der Waals surface area contributed by atoms with E-state index in [1.165, 1.54) is 13.5 Å². The van der Waals surface area contributed by atoms with Gasteiger partial charge in [-0.1, -0.05) is 27.2 Å². The molecule has 2 aliphatic rings. The molecule has 0 amide bonds. The van der Waals surface area contributed by atoms with Gasteiger partial charge in [-0.15, -0.1) is 24.0 Å². The number of nitrogens with one attached hydrogen (secondary N) is 1. The summed E-state index contributed by atoms with van der Waals surface area (Å²) in [5.74, 6) is 0.874. The van der Waals surface area contributed by atoms with E-state index in [4.69, 9.17) is 9.47 Å². The Morgan fingerprint density at radius 2 is 1.96 bits per heavy atom. The van der Waals surface area contributed by atoms with Crippen molar-refractivity contribution in [1.82, 2.24) is 10.2 Å². The second-order valence-corrected chi connectivity index (χ2v) is 7.80. The summed E-state index contributed by atoms with van der Waals surface area (Å²) in [5, 5.41) is 3.62. The van der Waals surface area contributed by atoms with Crippen LogP contribution in [0, 0.1) is 11.3 Å². The number of hydrogen-bond acceptors (Lipinski definition) is 4. The van der Waals surface area contributed by atoms with Crippen LogP contribution in [0.5, 0.6) is 0 Å². The van der Waals surface area contributed by atoms with Crippen LogP contribution < -0.4 is 5.32 Å². The maximum absolute atomic E-state index is 11.7. The van der Waals surface area contributed by atoms with Crippen LogP contribution in [0.2, 0.25) is 0 Å². The number of nitrogens with zero attached hydrogens (tertiary/aromatic N) is 2. The van der Waals surface area contributed by atoms with Crippen LogP contribution in [0.1, 0.15) is 52.9 Å². The van der Waals surface area contributed by atoms with Crippen LogP contribution in [0.15, 0.2) is 4.99 Å². The summed E-state index contributed by atoms with van der Waals surface area (Å²) in [5.41, 5.74) is 0.105. The van der Waals surface area contributed by atoms with Gasteiger partial charge in [0, 0.05) is 38.2 Å². The lowest BCUT2D eigenvalue weighted by atomic mass is 9.64. The largest absolute Gasteiger partial charge is 0.469 e. The molecule has 0 aromatic heterocycles. The van der Waals surface area contributed by atoms with Gasteiger partial charge >= 0.3 is 5.97 Å². The zero-order chi connectivity index (χ0) is 18.4. The highest BCUT2D eigenvalue weighted by molar-refractivity contribution is 14.0. The van der Waals surface area contributed by atoms with Crippen molar-refractivity contribution in [2.24, 2.45) is 16.3 Å². The highest BCUT2D eigenvalue weighted by Crippen LogP contribution is 2.43. The molecule has 6 nitrogen and oxygen atoms in total. The van der Waals surface area contributed by atoms with Gasteiger partial charge in [0.1, 0.15) is 0 Å². The molecular formula is C19H36IN3O3. The molecule has 2 unspecified atom stereocenters. The third-order valence-electron chi connectivity index (χ3n) is 5.84. The average Bonchev–Trinajstić information content (AvgIpc) is 2.63. The topological polar surface area (TPSA) is 63.2 Å². The predicted molar refractivity (Wildman–Crippen MR) is 115 cm³/mol. The van der Waals surface area contributed by atoms with Crippen molar-refractivity contribution in [3.8, 4) is 0 Å². The molecule has 2 fully saturated rings. The Labute approximate surface area is 175 Å². The van der Waals surface area contributed by atoms with E-state index < -0.39 is 0 Å². The van der Waals surface area contributed by atoms with Crippen molar-refractivity contribution < 1.29 is 14.3 Å². The molecule has 0 aromatic rings. The van der Waals surface area contributed by atoms with Crippen LogP contribution in [0.3, 0.4) is 0 Å². The molecule has 7 heteroatoms. The summed E-state index contributed by atoms with van der Waals surface area (Å²) in [6, 6.07) is 0.371. The number of carbonyl (C=O) groups is 1. The standard InChI is InChI=1S/C19H35N3O3.HI/c1-6-7-12-25-16-13-15(19(16,2)3)21-18(20-4)22-10-8-14(9-11-22)17(23)24-5;/h14-16H,6-13H2,1-5H3,(H,20,21);1H. The van der Waals surface area contributed by atoms with E-state index in [9.17, 15) is 4.79 Å². The summed E-state index contributed by atoms with van der Waals surface area (Å²) in [6.07, 6.45) is 5.28. The zero-order valence-corrected chi connectivity index (χ0v) is 19.2. The molecule has 1 N–H and O–H groups in total. The number of carbonyl (C=O) groups excluding carboxylic acids is 1. The summed E-state index contributed by atoms with van der Waals surface area (Å²) >= 11 is 0. The number of halogens is 1. The highest BCUT2D eigenvalue weighted by Gasteiger charge is 2.49. The Hall–Kier alpha value is -0.570. The molecule has 0 aromatic carbocycles. The smallest absolute Gasteiger partial charge is 0.308 e. The summed E-state index contributed by atoms with van der Waals surface area (Å²) in [6.45, 7) is 9.25. The minimum atomic E-state index is -0.0882. The number of likely N-dealkylation sites (tertiary alicyclic amines) is 1. The van der Waals surface area contributed by atoms with Gasteiger partial charge in [0.15, 0.2) is 5.96 Å². The van der Waals surface area contributed by atoms with E-state index in [1.807, 2.05) is 7.05 Å². The molecule has 0 bridgehead atoms.